The van der Waals surface area contributed by atoms with Crippen molar-refractivity contribution < 1.29 is 22.0 Å². The van der Waals surface area contributed by atoms with E-state index in [0.29, 0.717) is 12.4 Å². The van der Waals surface area contributed by atoms with Crippen molar-refractivity contribution in [3.8, 4) is 0 Å². The van der Waals surface area contributed by atoms with E-state index in [1.54, 1.807) is 19.0 Å². The molecule has 3 rings (SSSR count). The highest BCUT2D eigenvalue weighted by Crippen LogP contribution is 2.39. The molecule has 0 radical (unpaired) electrons. The van der Waals surface area contributed by atoms with Gasteiger partial charge in [0.25, 0.3) is 10.0 Å². The first-order valence-corrected chi connectivity index (χ1v) is 11.0. The van der Waals surface area contributed by atoms with Gasteiger partial charge in [0.1, 0.15) is 10.7 Å². The number of anilines is 2. The highest BCUT2D eigenvalue weighted by Gasteiger charge is 2.41. The SMILES string of the molecule is CN(C)C(=O)C1(CNc2ccc(S(=O)(=O)Nc3ccc(F)c(F)c3)cn2)CCCC1. The van der Waals surface area contributed by atoms with Crippen LogP contribution in [0.2, 0.25) is 0 Å². The molecule has 1 fully saturated rings. The lowest BCUT2D eigenvalue weighted by Crippen LogP contribution is -2.43. The molecular weight excluding hydrogens is 414 g/mol. The molecule has 0 unspecified atom stereocenters. The molecule has 1 heterocycles. The molecule has 1 aromatic heterocycles. The first-order valence-electron chi connectivity index (χ1n) is 9.53. The van der Waals surface area contributed by atoms with E-state index in [1.807, 2.05) is 0 Å². The third kappa shape index (κ3) is 4.69. The Labute approximate surface area is 174 Å². The van der Waals surface area contributed by atoms with Crippen LogP contribution in [0.25, 0.3) is 0 Å². The van der Waals surface area contributed by atoms with Gasteiger partial charge >= 0.3 is 0 Å². The number of carbonyl (C=O) groups excluding carboxylic acids is 1. The van der Waals surface area contributed by atoms with Crippen molar-refractivity contribution >= 4 is 27.4 Å². The number of nitrogens with one attached hydrogen (secondary N) is 2. The summed E-state index contributed by atoms with van der Waals surface area (Å²) in [7, 11) is -0.544. The van der Waals surface area contributed by atoms with Crippen LogP contribution in [0, 0.1) is 17.0 Å². The van der Waals surface area contributed by atoms with Crippen LogP contribution in [-0.4, -0.2) is 44.8 Å². The number of hydrogen-bond donors (Lipinski definition) is 2. The number of sulfonamides is 1. The summed E-state index contributed by atoms with van der Waals surface area (Å²) in [6.07, 6.45) is 4.73. The summed E-state index contributed by atoms with van der Waals surface area (Å²) in [5.74, 6) is -1.70. The molecular formula is C20H24F2N4O3S. The van der Waals surface area contributed by atoms with Crippen LogP contribution in [-0.2, 0) is 14.8 Å². The zero-order valence-corrected chi connectivity index (χ0v) is 17.6. The van der Waals surface area contributed by atoms with Gasteiger partial charge in [0.05, 0.1) is 11.1 Å². The van der Waals surface area contributed by atoms with E-state index in [1.165, 1.54) is 18.3 Å². The van der Waals surface area contributed by atoms with Crippen LogP contribution in [0.5, 0.6) is 0 Å². The molecule has 2 N–H and O–H groups in total. The maximum Gasteiger partial charge on any atom is 0.263 e. The van der Waals surface area contributed by atoms with Crippen LogP contribution in [0.3, 0.4) is 0 Å². The van der Waals surface area contributed by atoms with Crippen LogP contribution in [0.4, 0.5) is 20.3 Å². The van der Waals surface area contributed by atoms with E-state index < -0.39 is 27.1 Å². The van der Waals surface area contributed by atoms with Gasteiger partial charge in [-0.05, 0) is 37.1 Å². The number of aromatic nitrogens is 1. The van der Waals surface area contributed by atoms with E-state index in [0.717, 1.165) is 43.9 Å². The molecule has 1 aromatic carbocycles. The summed E-state index contributed by atoms with van der Waals surface area (Å²) in [5, 5.41) is 3.14. The highest BCUT2D eigenvalue weighted by atomic mass is 32.2. The number of amides is 1. The van der Waals surface area contributed by atoms with E-state index in [-0.39, 0.29) is 16.5 Å². The third-order valence-corrected chi connectivity index (χ3v) is 6.61. The molecule has 2 aromatic rings. The minimum atomic E-state index is -4.02. The molecule has 7 nitrogen and oxygen atoms in total. The lowest BCUT2D eigenvalue weighted by molar-refractivity contribution is -0.138. The summed E-state index contributed by atoms with van der Waals surface area (Å²) < 4.78 is 53.4. The van der Waals surface area contributed by atoms with Gasteiger partial charge < -0.3 is 10.2 Å². The topological polar surface area (TPSA) is 91.4 Å². The van der Waals surface area contributed by atoms with Crippen molar-refractivity contribution in [3.05, 3.63) is 48.2 Å². The van der Waals surface area contributed by atoms with Gasteiger partial charge in [-0.1, -0.05) is 12.8 Å². The summed E-state index contributed by atoms with van der Waals surface area (Å²) in [4.78, 5) is 18.2. The fourth-order valence-corrected chi connectivity index (χ4v) is 4.66. The largest absolute Gasteiger partial charge is 0.369 e. The lowest BCUT2D eigenvalue weighted by Gasteiger charge is -2.31. The van der Waals surface area contributed by atoms with Crippen LogP contribution >= 0.6 is 0 Å². The second kappa shape index (κ2) is 8.55. The second-order valence-electron chi connectivity index (χ2n) is 7.65. The predicted octanol–water partition coefficient (Wildman–Crippen LogP) is 3.22. The zero-order valence-electron chi connectivity index (χ0n) is 16.8. The Morgan fingerprint density at radius 3 is 2.40 bits per heavy atom. The van der Waals surface area contributed by atoms with Crippen LogP contribution < -0.4 is 10.0 Å². The van der Waals surface area contributed by atoms with Crippen LogP contribution in [0.15, 0.2) is 41.4 Å². The number of rotatable bonds is 7. The van der Waals surface area contributed by atoms with Crippen molar-refractivity contribution in [3.63, 3.8) is 0 Å². The Balaban J connectivity index is 1.69. The molecule has 1 amide bonds. The zero-order chi connectivity index (χ0) is 21.9. The molecule has 0 atom stereocenters. The molecule has 1 saturated carbocycles. The Kier molecular flexibility index (Phi) is 6.25. The Morgan fingerprint density at radius 1 is 1.13 bits per heavy atom. The molecule has 10 heteroatoms. The fourth-order valence-electron chi connectivity index (χ4n) is 3.67. The fraction of sp³-hybridized carbons (Fsp3) is 0.400. The van der Waals surface area contributed by atoms with Gasteiger partial charge in [0.15, 0.2) is 11.6 Å². The van der Waals surface area contributed by atoms with Gasteiger partial charge in [-0.25, -0.2) is 22.2 Å². The molecule has 0 spiro atoms. The minimum absolute atomic E-state index is 0.0717. The maximum absolute atomic E-state index is 13.3. The van der Waals surface area contributed by atoms with E-state index >= 15 is 0 Å². The van der Waals surface area contributed by atoms with E-state index in [4.69, 9.17) is 0 Å². The summed E-state index contributed by atoms with van der Waals surface area (Å²) in [6, 6.07) is 5.59. The van der Waals surface area contributed by atoms with Crippen LogP contribution in [0.1, 0.15) is 25.7 Å². The van der Waals surface area contributed by atoms with E-state index in [2.05, 4.69) is 15.0 Å². The molecule has 1 aliphatic rings. The summed E-state index contributed by atoms with van der Waals surface area (Å²) in [5.41, 5.74) is -0.578. The average Bonchev–Trinajstić information content (AvgIpc) is 3.19. The van der Waals surface area contributed by atoms with Gasteiger partial charge in [-0.2, -0.15) is 0 Å². The molecule has 0 aliphatic heterocycles. The number of benzene rings is 1. The van der Waals surface area contributed by atoms with Gasteiger partial charge in [-0.3, -0.25) is 9.52 Å². The Hall–Kier alpha value is -2.75. The predicted molar refractivity (Wildman–Crippen MR) is 109 cm³/mol. The number of pyridine rings is 1. The lowest BCUT2D eigenvalue weighted by atomic mass is 9.84. The molecule has 162 valence electrons. The summed E-state index contributed by atoms with van der Waals surface area (Å²) in [6.45, 7) is 0.413. The smallest absolute Gasteiger partial charge is 0.263 e. The number of hydrogen-bond acceptors (Lipinski definition) is 5. The van der Waals surface area contributed by atoms with Gasteiger partial charge in [0.2, 0.25) is 5.91 Å². The first-order chi connectivity index (χ1) is 14.1. The first kappa shape index (κ1) is 21.9. The van der Waals surface area contributed by atoms with Crippen molar-refractivity contribution in [2.75, 3.05) is 30.7 Å². The standard InChI is InChI=1S/C20H24F2N4O3S/c1-26(2)19(27)20(9-3-4-10-20)13-24-18-8-6-15(12-23-18)30(28,29)25-14-5-7-16(21)17(22)11-14/h5-8,11-12,25H,3-4,9-10,13H2,1-2H3,(H,23,24). The Morgan fingerprint density at radius 2 is 1.83 bits per heavy atom. The Bertz CT molecular complexity index is 1020. The van der Waals surface area contributed by atoms with Crippen molar-refractivity contribution in [2.45, 2.75) is 30.6 Å². The average molecular weight is 439 g/mol. The highest BCUT2D eigenvalue weighted by molar-refractivity contribution is 7.92. The number of halogens is 2. The number of carbonyl (C=O) groups is 1. The van der Waals surface area contributed by atoms with Gasteiger partial charge in [0, 0.05) is 32.9 Å². The maximum atomic E-state index is 13.3. The van der Waals surface area contributed by atoms with Crippen molar-refractivity contribution in [1.29, 1.82) is 0 Å². The number of nitrogens with zero attached hydrogens (tertiary/aromatic N) is 2. The van der Waals surface area contributed by atoms with E-state index in [9.17, 15) is 22.0 Å². The normalized spacial score (nSPS) is 15.6. The minimum Gasteiger partial charge on any atom is -0.369 e. The molecule has 0 bridgehead atoms. The second-order valence-corrected chi connectivity index (χ2v) is 9.34. The molecule has 30 heavy (non-hydrogen) atoms. The monoisotopic (exact) mass is 438 g/mol. The van der Waals surface area contributed by atoms with Crippen molar-refractivity contribution in [2.24, 2.45) is 5.41 Å². The van der Waals surface area contributed by atoms with Gasteiger partial charge in [-0.15, -0.1) is 0 Å². The third-order valence-electron chi connectivity index (χ3n) is 5.25. The van der Waals surface area contributed by atoms with Crippen molar-refractivity contribution in [1.82, 2.24) is 9.88 Å². The molecule has 1 aliphatic carbocycles. The summed E-state index contributed by atoms with van der Waals surface area (Å²) >= 11 is 0. The molecule has 0 saturated heterocycles. The quantitative estimate of drug-likeness (QED) is 0.693.